The van der Waals surface area contributed by atoms with Crippen molar-refractivity contribution in [2.24, 2.45) is 5.92 Å². The van der Waals surface area contributed by atoms with Crippen molar-refractivity contribution in [1.29, 1.82) is 0 Å². The topological polar surface area (TPSA) is 27.8 Å². The van der Waals surface area contributed by atoms with E-state index in [0.717, 1.165) is 11.8 Å². The lowest BCUT2D eigenvalue weighted by Gasteiger charge is -2.19. The normalized spacial score (nSPS) is 33.8. The lowest BCUT2D eigenvalue weighted by atomic mass is 9.93. The molecule has 0 amide bonds. The summed E-state index contributed by atoms with van der Waals surface area (Å²) in [5.41, 5.74) is 1.41. The van der Waals surface area contributed by atoms with E-state index in [4.69, 9.17) is 0 Å². The highest BCUT2D eigenvalue weighted by Crippen LogP contribution is 2.38. The number of aromatic nitrogens is 1. The first-order valence-corrected chi connectivity index (χ1v) is 5.13. The predicted octanol–water partition coefficient (Wildman–Crippen LogP) is 2.12. The monoisotopic (exact) mass is 178 g/mol. The third-order valence-corrected chi connectivity index (χ3v) is 3.45. The summed E-state index contributed by atoms with van der Waals surface area (Å²) < 4.78 is 0. The maximum Gasteiger partial charge on any atom is 0.0181 e. The lowest BCUT2D eigenvalue weighted by Crippen LogP contribution is -2.28. The quantitative estimate of drug-likeness (QED) is 0.713. The fourth-order valence-corrected chi connectivity index (χ4v) is 2.59. The van der Waals surface area contributed by atoms with E-state index in [1.807, 2.05) is 6.20 Å². The van der Waals surface area contributed by atoms with Crippen LogP contribution in [0.3, 0.4) is 0 Å². The first kappa shape index (κ1) is 8.82. The summed E-state index contributed by atoms with van der Waals surface area (Å²) in [6.45, 7) is 2.35. The Morgan fingerprint density at radius 1 is 1.46 bits per heavy atom. The molecule has 1 heterocycles. The molecule has 2 rings (SSSR count). The molecule has 0 radical (unpaired) electrons. The molecule has 0 spiro atoms. The van der Waals surface area contributed by atoms with Gasteiger partial charge in [0.05, 0.1) is 0 Å². The van der Waals surface area contributed by atoms with Crippen molar-refractivity contribution in [3.63, 3.8) is 0 Å². The summed E-state index contributed by atoms with van der Waals surface area (Å²) in [4.78, 5) is 3.33. The Labute approximate surface area is 79.7 Å². The summed E-state index contributed by atoms with van der Waals surface area (Å²) in [6.07, 6.45) is 4.64. The summed E-state index contributed by atoms with van der Waals surface area (Å²) >= 11 is 0. The maximum absolute atomic E-state index is 3.39. The van der Waals surface area contributed by atoms with Gasteiger partial charge >= 0.3 is 0 Å². The second-order valence-corrected chi connectivity index (χ2v) is 4.06. The Kier molecular flexibility index (Phi) is 2.40. The molecule has 1 aliphatic carbocycles. The molecule has 72 valence electrons. The van der Waals surface area contributed by atoms with Gasteiger partial charge in [-0.3, -0.25) is 0 Å². The van der Waals surface area contributed by atoms with E-state index >= 15 is 0 Å². The van der Waals surface area contributed by atoms with Gasteiger partial charge < -0.3 is 10.3 Å². The van der Waals surface area contributed by atoms with Gasteiger partial charge in [0, 0.05) is 23.9 Å². The number of hydrogen-bond acceptors (Lipinski definition) is 1. The molecule has 0 aromatic carbocycles. The van der Waals surface area contributed by atoms with Crippen molar-refractivity contribution < 1.29 is 0 Å². The Morgan fingerprint density at radius 3 is 2.85 bits per heavy atom. The van der Waals surface area contributed by atoms with Crippen LogP contribution in [-0.2, 0) is 0 Å². The second kappa shape index (κ2) is 3.54. The number of rotatable bonds is 2. The van der Waals surface area contributed by atoms with Gasteiger partial charge in [-0.05, 0) is 37.9 Å². The predicted molar refractivity (Wildman–Crippen MR) is 54.8 cm³/mol. The summed E-state index contributed by atoms with van der Waals surface area (Å²) in [6, 6.07) is 5.00. The molecule has 1 saturated carbocycles. The van der Waals surface area contributed by atoms with Crippen LogP contribution in [0.25, 0.3) is 0 Å². The lowest BCUT2D eigenvalue weighted by molar-refractivity contribution is 0.425. The van der Waals surface area contributed by atoms with E-state index in [0.29, 0.717) is 6.04 Å². The molecule has 1 aliphatic rings. The maximum atomic E-state index is 3.39. The number of aromatic amines is 1. The van der Waals surface area contributed by atoms with Crippen molar-refractivity contribution >= 4 is 0 Å². The molecule has 13 heavy (non-hydrogen) atoms. The minimum atomic E-state index is 0.702. The Morgan fingerprint density at radius 2 is 2.31 bits per heavy atom. The highest BCUT2D eigenvalue weighted by Gasteiger charge is 2.32. The molecular weight excluding hydrogens is 160 g/mol. The van der Waals surface area contributed by atoms with Crippen LogP contribution in [0.5, 0.6) is 0 Å². The van der Waals surface area contributed by atoms with E-state index in [1.54, 1.807) is 0 Å². The summed E-state index contributed by atoms with van der Waals surface area (Å²) in [5.74, 6) is 1.48. The average Bonchev–Trinajstić information content (AvgIpc) is 2.72. The molecule has 0 aliphatic heterocycles. The molecule has 2 heteroatoms. The minimum absolute atomic E-state index is 0.702. The first-order chi connectivity index (χ1) is 6.33. The molecule has 3 atom stereocenters. The van der Waals surface area contributed by atoms with Gasteiger partial charge in [-0.1, -0.05) is 6.92 Å². The minimum Gasteiger partial charge on any atom is -0.365 e. The van der Waals surface area contributed by atoms with Gasteiger partial charge in [0.25, 0.3) is 0 Å². The molecular formula is C11H18N2. The van der Waals surface area contributed by atoms with Gasteiger partial charge in [0.15, 0.2) is 0 Å². The van der Waals surface area contributed by atoms with E-state index < -0.39 is 0 Å². The fourth-order valence-electron chi connectivity index (χ4n) is 2.59. The molecule has 1 aromatic rings. The number of hydrogen-bond donors (Lipinski definition) is 2. The third-order valence-electron chi connectivity index (χ3n) is 3.45. The van der Waals surface area contributed by atoms with Gasteiger partial charge in [-0.2, -0.15) is 0 Å². The fraction of sp³-hybridized carbons (Fsp3) is 0.636. The Hall–Kier alpha value is -0.760. The average molecular weight is 178 g/mol. The Balaban J connectivity index is 2.11. The number of nitrogens with one attached hydrogen (secondary N) is 2. The van der Waals surface area contributed by atoms with E-state index in [9.17, 15) is 0 Å². The second-order valence-electron chi connectivity index (χ2n) is 4.06. The SMILES string of the molecule is CNC1CCC(c2ccc[nH]2)C1C. The van der Waals surface area contributed by atoms with E-state index in [-0.39, 0.29) is 0 Å². The van der Waals surface area contributed by atoms with Crippen molar-refractivity contribution in [3.05, 3.63) is 24.0 Å². The van der Waals surface area contributed by atoms with Crippen LogP contribution in [0, 0.1) is 5.92 Å². The highest BCUT2D eigenvalue weighted by atomic mass is 14.9. The van der Waals surface area contributed by atoms with Crippen molar-refractivity contribution in [3.8, 4) is 0 Å². The molecule has 0 saturated heterocycles. The third kappa shape index (κ3) is 1.51. The zero-order chi connectivity index (χ0) is 9.26. The zero-order valence-corrected chi connectivity index (χ0v) is 8.38. The van der Waals surface area contributed by atoms with Crippen molar-refractivity contribution in [1.82, 2.24) is 10.3 Å². The van der Waals surface area contributed by atoms with Gasteiger partial charge in [0.1, 0.15) is 0 Å². The largest absolute Gasteiger partial charge is 0.365 e. The van der Waals surface area contributed by atoms with Crippen molar-refractivity contribution in [2.75, 3.05) is 7.05 Å². The smallest absolute Gasteiger partial charge is 0.0181 e. The van der Waals surface area contributed by atoms with Crippen LogP contribution in [0.1, 0.15) is 31.4 Å². The van der Waals surface area contributed by atoms with Crippen LogP contribution in [0.4, 0.5) is 0 Å². The van der Waals surface area contributed by atoms with Gasteiger partial charge in [0.2, 0.25) is 0 Å². The van der Waals surface area contributed by atoms with E-state index in [2.05, 4.69) is 36.4 Å². The van der Waals surface area contributed by atoms with Gasteiger partial charge in [-0.25, -0.2) is 0 Å². The van der Waals surface area contributed by atoms with Crippen LogP contribution >= 0.6 is 0 Å². The first-order valence-electron chi connectivity index (χ1n) is 5.13. The molecule has 0 bridgehead atoms. The van der Waals surface area contributed by atoms with Crippen LogP contribution in [0.2, 0.25) is 0 Å². The highest BCUT2D eigenvalue weighted by molar-refractivity contribution is 5.14. The van der Waals surface area contributed by atoms with Crippen LogP contribution in [-0.4, -0.2) is 18.1 Å². The summed E-state index contributed by atoms with van der Waals surface area (Å²) in [7, 11) is 2.07. The number of H-pyrrole nitrogens is 1. The molecule has 1 aromatic heterocycles. The van der Waals surface area contributed by atoms with Crippen LogP contribution in [0.15, 0.2) is 18.3 Å². The van der Waals surface area contributed by atoms with E-state index in [1.165, 1.54) is 18.5 Å². The van der Waals surface area contributed by atoms with Gasteiger partial charge in [-0.15, -0.1) is 0 Å². The Bertz CT molecular complexity index is 253. The molecule has 2 N–H and O–H groups in total. The van der Waals surface area contributed by atoms with Crippen LogP contribution < -0.4 is 5.32 Å². The van der Waals surface area contributed by atoms with Crippen molar-refractivity contribution in [2.45, 2.75) is 31.7 Å². The zero-order valence-electron chi connectivity index (χ0n) is 8.38. The standard InChI is InChI=1S/C11H18N2/c1-8-9(5-6-10(8)12-2)11-4-3-7-13-11/h3-4,7-10,12-13H,5-6H2,1-2H3. The molecule has 3 unspecified atom stereocenters. The summed E-state index contributed by atoms with van der Waals surface area (Å²) in [5, 5.41) is 3.39. The molecule has 1 fully saturated rings. The molecule has 2 nitrogen and oxygen atoms in total.